The maximum absolute atomic E-state index is 5.23. The highest BCUT2D eigenvalue weighted by molar-refractivity contribution is 4.68. The summed E-state index contributed by atoms with van der Waals surface area (Å²) >= 11 is 0. The topological polar surface area (TPSA) is 17.0 Å². The second-order valence-corrected chi connectivity index (χ2v) is 7.30. The highest BCUT2D eigenvalue weighted by Gasteiger charge is 2.20. The average Bonchev–Trinajstić information content (AvgIpc) is 3.27. The fourth-order valence-electron chi connectivity index (χ4n) is 3.03. The van der Waals surface area contributed by atoms with Crippen molar-refractivity contribution in [3.05, 3.63) is 0 Å². The summed E-state index contributed by atoms with van der Waals surface area (Å²) in [6.45, 7) is 2.38. The van der Waals surface area contributed by atoms with Gasteiger partial charge in [-0.3, -0.25) is 0 Å². The number of unbranched alkanes of at least 4 members (excludes halogenated alkanes) is 12. The Morgan fingerprint density at radius 2 is 1.05 bits per heavy atom. The predicted molar refractivity (Wildman–Crippen MR) is 92.1 cm³/mol. The van der Waals surface area contributed by atoms with Gasteiger partial charge in [-0.15, -0.1) is 0 Å². The summed E-state index contributed by atoms with van der Waals surface area (Å²) in [6.07, 6.45) is 20.8. The number of quaternary nitrogens is 1. The van der Waals surface area contributed by atoms with Gasteiger partial charge >= 0.3 is 0 Å². The summed E-state index contributed by atoms with van der Waals surface area (Å²) < 4.78 is 5.23. The molecule has 0 radical (unpaired) electrons. The molecule has 1 unspecified atom stereocenters. The van der Waals surface area contributed by atoms with Crippen molar-refractivity contribution in [2.75, 3.05) is 27.2 Å². The molecule has 1 atom stereocenters. The van der Waals surface area contributed by atoms with Crippen molar-refractivity contribution in [3.63, 3.8) is 0 Å². The van der Waals surface area contributed by atoms with Crippen LogP contribution in [0.4, 0.5) is 0 Å². The number of hydrogen-bond acceptors (Lipinski definition) is 1. The molecular weight excluding hydrogens is 294 g/mol. The second kappa shape index (κ2) is 16.1. The van der Waals surface area contributed by atoms with Gasteiger partial charge in [0.1, 0.15) is 0 Å². The third-order valence-corrected chi connectivity index (χ3v) is 4.61. The van der Waals surface area contributed by atoms with Gasteiger partial charge in [-0.25, -0.2) is 0 Å². The lowest BCUT2D eigenvalue weighted by Crippen LogP contribution is -3.05. The van der Waals surface area contributed by atoms with E-state index < -0.39 is 0 Å². The fourth-order valence-corrected chi connectivity index (χ4v) is 3.03. The highest BCUT2D eigenvalue weighted by atomic mass is 35.5. The first-order valence-electron chi connectivity index (χ1n) is 9.69. The molecule has 1 saturated heterocycles. The Kier molecular flexibility index (Phi) is 16.2. The van der Waals surface area contributed by atoms with Crippen LogP contribution in [0.1, 0.15) is 89.9 Å². The smallest absolute Gasteiger partial charge is 0.0810 e. The molecule has 0 bridgehead atoms. The molecule has 1 fully saturated rings. The zero-order chi connectivity index (χ0) is 15.2. The summed E-state index contributed by atoms with van der Waals surface area (Å²) in [5.41, 5.74) is 0. The van der Waals surface area contributed by atoms with E-state index in [0.29, 0.717) is 6.10 Å². The molecule has 0 aromatic rings. The Morgan fingerprint density at radius 1 is 0.682 bits per heavy atom. The van der Waals surface area contributed by atoms with Gasteiger partial charge in [0.2, 0.25) is 0 Å². The van der Waals surface area contributed by atoms with E-state index >= 15 is 0 Å². The molecule has 22 heavy (non-hydrogen) atoms. The van der Waals surface area contributed by atoms with Crippen LogP contribution in [0.3, 0.4) is 0 Å². The molecule has 0 amide bonds. The number of ether oxygens (including phenoxy) is 1. The minimum atomic E-state index is 0. The average molecular weight is 334 g/mol. The van der Waals surface area contributed by atoms with E-state index in [1.54, 1.807) is 4.90 Å². The Morgan fingerprint density at radius 3 is 1.41 bits per heavy atom. The standard InChI is InChI=1S/C19H39NO.ClH/c1-20(2)17-15-13-11-9-7-5-3-4-6-8-10-12-14-16-19-18-21-19;/h19H,3-18H2,1-2H3;1H. The van der Waals surface area contributed by atoms with Gasteiger partial charge in [-0.2, -0.15) is 0 Å². The molecular formula is C19H40ClNO. The van der Waals surface area contributed by atoms with Gasteiger partial charge in [0.25, 0.3) is 0 Å². The monoisotopic (exact) mass is 333 g/mol. The molecule has 0 aromatic heterocycles. The van der Waals surface area contributed by atoms with E-state index in [1.807, 2.05) is 0 Å². The molecule has 1 aliphatic rings. The molecule has 0 aliphatic carbocycles. The molecule has 0 aromatic carbocycles. The fraction of sp³-hybridized carbons (Fsp3) is 1.00. The quantitative estimate of drug-likeness (QED) is 0.329. The largest absolute Gasteiger partial charge is 1.00 e. The molecule has 134 valence electrons. The lowest BCUT2D eigenvalue weighted by molar-refractivity contribution is -0.858. The summed E-state index contributed by atoms with van der Waals surface area (Å²) in [4.78, 5) is 1.59. The first-order valence-corrected chi connectivity index (χ1v) is 9.69. The van der Waals surface area contributed by atoms with E-state index in [1.165, 1.54) is 96.4 Å². The summed E-state index contributed by atoms with van der Waals surface area (Å²) in [7, 11) is 4.50. The Bertz CT molecular complexity index is 205. The number of hydrogen-bond donors (Lipinski definition) is 1. The maximum Gasteiger partial charge on any atom is 0.0810 e. The first kappa shape index (κ1) is 22.2. The maximum atomic E-state index is 5.23. The minimum absolute atomic E-state index is 0. The van der Waals surface area contributed by atoms with Crippen molar-refractivity contribution < 1.29 is 22.0 Å². The molecule has 3 heteroatoms. The van der Waals surface area contributed by atoms with Crippen molar-refractivity contribution in [1.82, 2.24) is 0 Å². The van der Waals surface area contributed by atoms with E-state index in [2.05, 4.69) is 14.1 Å². The molecule has 2 nitrogen and oxygen atoms in total. The van der Waals surface area contributed by atoms with E-state index in [9.17, 15) is 0 Å². The van der Waals surface area contributed by atoms with Gasteiger partial charge in [0.05, 0.1) is 33.4 Å². The van der Waals surface area contributed by atoms with Crippen LogP contribution in [0.25, 0.3) is 0 Å². The zero-order valence-electron chi connectivity index (χ0n) is 15.2. The van der Waals surface area contributed by atoms with Crippen LogP contribution in [0.15, 0.2) is 0 Å². The molecule has 0 spiro atoms. The Hall–Kier alpha value is 0.210. The number of halogens is 1. The van der Waals surface area contributed by atoms with Crippen LogP contribution >= 0.6 is 0 Å². The molecule has 1 N–H and O–H groups in total. The predicted octanol–water partition coefficient (Wildman–Crippen LogP) is 0.995. The van der Waals surface area contributed by atoms with Crippen molar-refractivity contribution in [2.24, 2.45) is 0 Å². The van der Waals surface area contributed by atoms with Crippen LogP contribution in [-0.4, -0.2) is 33.4 Å². The highest BCUT2D eigenvalue weighted by Crippen LogP contribution is 2.18. The number of rotatable bonds is 16. The van der Waals surface area contributed by atoms with Crippen LogP contribution in [0.5, 0.6) is 0 Å². The van der Waals surface area contributed by atoms with Gasteiger partial charge in [-0.05, 0) is 19.3 Å². The Labute approximate surface area is 145 Å². The number of epoxide rings is 1. The van der Waals surface area contributed by atoms with Crippen molar-refractivity contribution in [2.45, 2.75) is 96.0 Å². The van der Waals surface area contributed by atoms with Crippen molar-refractivity contribution in [1.29, 1.82) is 0 Å². The Balaban J connectivity index is 0.00000441. The lowest BCUT2D eigenvalue weighted by Gasteiger charge is -2.06. The summed E-state index contributed by atoms with van der Waals surface area (Å²) in [5, 5.41) is 0. The summed E-state index contributed by atoms with van der Waals surface area (Å²) in [5.74, 6) is 0. The molecule has 0 saturated carbocycles. The number of nitrogens with one attached hydrogen (secondary N) is 1. The SMILES string of the molecule is C[NH+](C)CCCCCCCCCCCCCCCC1CO1.[Cl-]. The molecule has 1 rings (SSSR count). The van der Waals surface area contributed by atoms with Crippen LogP contribution < -0.4 is 17.3 Å². The molecule has 1 heterocycles. The van der Waals surface area contributed by atoms with Crippen LogP contribution in [0, 0.1) is 0 Å². The van der Waals surface area contributed by atoms with E-state index in [-0.39, 0.29) is 12.4 Å². The third kappa shape index (κ3) is 16.6. The van der Waals surface area contributed by atoms with E-state index in [0.717, 1.165) is 6.61 Å². The summed E-state index contributed by atoms with van der Waals surface area (Å²) in [6, 6.07) is 0. The van der Waals surface area contributed by atoms with Gasteiger partial charge in [-0.1, -0.05) is 70.6 Å². The zero-order valence-corrected chi connectivity index (χ0v) is 15.9. The lowest BCUT2D eigenvalue weighted by atomic mass is 10.0. The first-order chi connectivity index (χ1) is 10.3. The van der Waals surface area contributed by atoms with Gasteiger partial charge < -0.3 is 22.0 Å². The molecule has 1 aliphatic heterocycles. The second-order valence-electron chi connectivity index (χ2n) is 7.30. The van der Waals surface area contributed by atoms with Crippen molar-refractivity contribution in [3.8, 4) is 0 Å². The van der Waals surface area contributed by atoms with E-state index in [4.69, 9.17) is 4.74 Å². The van der Waals surface area contributed by atoms with Gasteiger partial charge in [0.15, 0.2) is 0 Å². The minimum Gasteiger partial charge on any atom is -1.00 e. The van der Waals surface area contributed by atoms with Crippen LogP contribution in [0.2, 0.25) is 0 Å². The van der Waals surface area contributed by atoms with Crippen molar-refractivity contribution >= 4 is 0 Å². The third-order valence-electron chi connectivity index (χ3n) is 4.61. The normalized spacial score (nSPS) is 16.8. The van der Waals surface area contributed by atoms with Gasteiger partial charge in [0, 0.05) is 0 Å². The van der Waals surface area contributed by atoms with Crippen LogP contribution in [-0.2, 0) is 4.74 Å².